The summed E-state index contributed by atoms with van der Waals surface area (Å²) in [4.78, 5) is 14.9. The minimum Gasteiger partial charge on any atom is -0.493 e. The Bertz CT molecular complexity index is 601. The number of hydrogen-bond donors (Lipinski definition) is 1. The van der Waals surface area contributed by atoms with Gasteiger partial charge < -0.3 is 19.5 Å². The van der Waals surface area contributed by atoms with Crippen molar-refractivity contribution in [3.63, 3.8) is 0 Å². The SMILES string of the molecule is COc1ccc(CCC(=O)N[C@H]2COC[C@@H]2N2CCCCC2)cc1OC. The van der Waals surface area contributed by atoms with Gasteiger partial charge in [0.15, 0.2) is 11.5 Å². The van der Waals surface area contributed by atoms with Gasteiger partial charge in [-0.15, -0.1) is 0 Å². The molecule has 26 heavy (non-hydrogen) atoms. The third-order valence-corrected chi connectivity index (χ3v) is 5.35. The number of carbonyl (C=O) groups is 1. The molecule has 1 N–H and O–H groups in total. The fraction of sp³-hybridized carbons (Fsp3) is 0.650. The summed E-state index contributed by atoms with van der Waals surface area (Å²) in [5.41, 5.74) is 1.06. The number of benzene rings is 1. The van der Waals surface area contributed by atoms with Crippen molar-refractivity contribution >= 4 is 5.91 Å². The molecule has 0 unspecified atom stereocenters. The predicted molar refractivity (Wildman–Crippen MR) is 99.8 cm³/mol. The Morgan fingerprint density at radius 1 is 1.15 bits per heavy atom. The van der Waals surface area contributed by atoms with Gasteiger partial charge in [0.1, 0.15) is 0 Å². The summed E-state index contributed by atoms with van der Waals surface area (Å²) < 4.78 is 16.2. The van der Waals surface area contributed by atoms with Gasteiger partial charge in [-0.2, -0.15) is 0 Å². The summed E-state index contributed by atoms with van der Waals surface area (Å²) >= 11 is 0. The Kier molecular flexibility index (Phi) is 6.74. The molecule has 1 amide bonds. The number of hydrogen-bond acceptors (Lipinski definition) is 5. The van der Waals surface area contributed by atoms with E-state index in [1.807, 2.05) is 18.2 Å². The van der Waals surface area contributed by atoms with E-state index in [1.54, 1.807) is 14.2 Å². The highest BCUT2D eigenvalue weighted by Gasteiger charge is 2.34. The minimum absolute atomic E-state index is 0.0808. The molecule has 144 valence electrons. The molecule has 0 radical (unpaired) electrons. The van der Waals surface area contributed by atoms with Gasteiger partial charge in [0.05, 0.1) is 39.5 Å². The maximum atomic E-state index is 12.4. The van der Waals surface area contributed by atoms with Crippen molar-refractivity contribution in [2.24, 2.45) is 0 Å². The van der Waals surface area contributed by atoms with Crippen molar-refractivity contribution in [1.29, 1.82) is 0 Å². The number of carbonyl (C=O) groups excluding carboxylic acids is 1. The zero-order chi connectivity index (χ0) is 18.4. The van der Waals surface area contributed by atoms with Gasteiger partial charge in [0, 0.05) is 6.42 Å². The van der Waals surface area contributed by atoms with Crippen LogP contribution in [0.5, 0.6) is 11.5 Å². The van der Waals surface area contributed by atoms with Crippen molar-refractivity contribution < 1.29 is 19.0 Å². The summed E-state index contributed by atoms with van der Waals surface area (Å²) in [5.74, 6) is 1.48. The van der Waals surface area contributed by atoms with Crippen LogP contribution in [0.2, 0.25) is 0 Å². The monoisotopic (exact) mass is 362 g/mol. The first kappa shape index (κ1) is 19.0. The van der Waals surface area contributed by atoms with Crippen molar-refractivity contribution in [3.8, 4) is 11.5 Å². The topological polar surface area (TPSA) is 60.0 Å². The molecule has 2 aliphatic rings. The third-order valence-electron chi connectivity index (χ3n) is 5.35. The van der Waals surface area contributed by atoms with E-state index in [9.17, 15) is 4.79 Å². The number of piperidine rings is 1. The number of amides is 1. The van der Waals surface area contributed by atoms with Crippen LogP contribution >= 0.6 is 0 Å². The second kappa shape index (κ2) is 9.24. The number of nitrogens with zero attached hydrogens (tertiary/aromatic N) is 1. The maximum Gasteiger partial charge on any atom is 0.220 e. The zero-order valence-corrected chi connectivity index (χ0v) is 15.8. The molecule has 2 atom stereocenters. The van der Waals surface area contributed by atoms with Crippen molar-refractivity contribution in [1.82, 2.24) is 10.2 Å². The molecule has 0 aliphatic carbocycles. The second-order valence-electron chi connectivity index (χ2n) is 7.06. The first-order chi connectivity index (χ1) is 12.7. The summed E-state index contributed by atoms with van der Waals surface area (Å²) in [6.07, 6.45) is 4.94. The zero-order valence-electron chi connectivity index (χ0n) is 15.8. The molecule has 6 nitrogen and oxygen atoms in total. The number of methoxy groups -OCH3 is 2. The average molecular weight is 362 g/mol. The first-order valence-electron chi connectivity index (χ1n) is 9.53. The predicted octanol–water partition coefficient (Wildman–Crippen LogP) is 2.01. The molecule has 6 heteroatoms. The van der Waals surface area contributed by atoms with Crippen LogP contribution in [0.25, 0.3) is 0 Å². The molecule has 2 fully saturated rings. The van der Waals surface area contributed by atoms with Crippen LogP contribution in [0.4, 0.5) is 0 Å². The number of aryl methyl sites for hydroxylation is 1. The van der Waals surface area contributed by atoms with E-state index in [0.29, 0.717) is 37.0 Å². The fourth-order valence-electron chi connectivity index (χ4n) is 3.86. The molecule has 1 aromatic carbocycles. The highest BCUT2D eigenvalue weighted by atomic mass is 16.5. The molecule has 0 aromatic heterocycles. The third kappa shape index (κ3) is 4.68. The molecule has 2 saturated heterocycles. The second-order valence-corrected chi connectivity index (χ2v) is 7.06. The lowest BCUT2D eigenvalue weighted by Crippen LogP contribution is -2.52. The maximum absolute atomic E-state index is 12.4. The highest BCUT2D eigenvalue weighted by Crippen LogP contribution is 2.28. The number of likely N-dealkylation sites (tertiary alicyclic amines) is 1. The van der Waals surface area contributed by atoms with Gasteiger partial charge in [-0.3, -0.25) is 9.69 Å². The van der Waals surface area contributed by atoms with Crippen molar-refractivity contribution in [2.75, 3.05) is 40.5 Å². The van der Waals surface area contributed by atoms with E-state index in [1.165, 1.54) is 19.3 Å². The van der Waals surface area contributed by atoms with E-state index in [-0.39, 0.29) is 11.9 Å². The van der Waals surface area contributed by atoms with Crippen LogP contribution in [0.1, 0.15) is 31.2 Å². The molecule has 0 bridgehead atoms. The molecule has 0 saturated carbocycles. The highest BCUT2D eigenvalue weighted by molar-refractivity contribution is 5.76. The quantitative estimate of drug-likeness (QED) is 0.804. The Hall–Kier alpha value is -1.79. The van der Waals surface area contributed by atoms with Crippen molar-refractivity contribution in [3.05, 3.63) is 23.8 Å². The number of ether oxygens (including phenoxy) is 3. The van der Waals surface area contributed by atoms with Gasteiger partial charge >= 0.3 is 0 Å². The molecular formula is C20H30N2O4. The summed E-state index contributed by atoms with van der Waals surface area (Å²) in [6, 6.07) is 6.21. The number of nitrogens with one attached hydrogen (secondary N) is 1. The summed E-state index contributed by atoms with van der Waals surface area (Å²) in [5, 5.41) is 3.19. The van der Waals surface area contributed by atoms with E-state index in [0.717, 1.165) is 25.3 Å². The molecule has 3 rings (SSSR count). The van der Waals surface area contributed by atoms with Crippen LogP contribution in [0.15, 0.2) is 18.2 Å². The van der Waals surface area contributed by atoms with Crippen molar-refractivity contribution in [2.45, 2.75) is 44.2 Å². The van der Waals surface area contributed by atoms with E-state index >= 15 is 0 Å². The summed E-state index contributed by atoms with van der Waals surface area (Å²) in [6.45, 7) is 3.57. The molecule has 0 spiro atoms. The minimum atomic E-state index is 0.0808. The largest absolute Gasteiger partial charge is 0.493 e. The Morgan fingerprint density at radius 3 is 2.65 bits per heavy atom. The Balaban J connectivity index is 1.50. The molecular weight excluding hydrogens is 332 g/mol. The lowest BCUT2D eigenvalue weighted by Gasteiger charge is -2.34. The van der Waals surface area contributed by atoms with Gasteiger partial charge in [0.25, 0.3) is 0 Å². The van der Waals surface area contributed by atoms with Gasteiger partial charge in [0.2, 0.25) is 5.91 Å². The molecule has 1 aromatic rings. The van der Waals surface area contributed by atoms with Crippen LogP contribution in [-0.2, 0) is 16.0 Å². The van der Waals surface area contributed by atoms with Crippen LogP contribution in [0.3, 0.4) is 0 Å². The van der Waals surface area contributed by atoms with Gasteiger partial charge in [-0.05, 0) is 50.0 Å². The lowest BCUT2D eigenvalue weighted by atomic mass is 10.0. The lowest BCUT2D eigenvalue weighted by molar-refractivity contribution is -0.122. The average Bonchev–Trinajstić information content (AvgIpc) is 3.14. The molecule has 2 heterocycles. The van der Waals surface area contributed by atoms with Crippen LogP contribution in [-0.4, -0.2) is 63.4 Å². The van der Waals surface area contributed by atoms with Gasteiger partial charge in [-0.1, -0.05) is 12.5 Å². The van der Waals surface area contributed by atoms with Gasteiger partial charge in [-0.25, -0.2) is 0 Å². The van der Waals surface area contributed by atoms with Crippen LogP contribution < -0.4 is 14.8 Å². The standard InChI is InChI=1S/C20H30N2O4/c1-24-18-8-6-15(12-19(18)25-2)7-9-20(23)21-16-13-26-14-17(16)22-10-4-3-5-11-22/h6,8,12,16-17H,3-5,7,9-11,13-14H2,1-2H3,(H,21,23)/t16-,17-/m0/s1. The smallest absolute Gasteiger partial charge is 0.220 e. The molecule has 2 aliphatic heterocycles. The first-order valence-corrected chi connectivity index (χ1v) is 9.53. The Labute approximate surface area is 155 Å². The van der Waals surface area contributed by atoms with Crippen LogP contribution in [0, 0.1) is 0 Å². The summed E-state index contributed by atoms with van der Waals surface area (Å²) in [7, 11) is 3.24. The van der Waals surface area contributed by atoms with E-state index in [2.05, 4.69) is 10.2 Å². The van der Waals surface area contributed by atoms with E-state index in [4.69, 9.17) is 14.2 Å². The number of rotatable bonds is 7. The van der Waals surface area contributed by atoms with E-state index < -0.39 is 0 Å². The fourth-order valence-corrected chi connectivity index (χ4v) is 3.86. The Morgan fingerprint density at radius 2 is 1.92 bits per heavy atom. The normalized spacial score (nSPS) is 23.6.